The van der Waals surface area contributed by atoms with Gasteiger partial charge >= 0.3 is 0 Å². The number of nitrogens with zero attached hydrogens (tertiary/aromatic N) is 1. The van der Waals surface area contributed by atoms with Crippen molar-refractivity contribution in [1.82, 2.24) is 4.90 Å². The molecule has 0 aliphatic carbocycles. The number of hydrogen-bond acceptors (Lipinski definition) is 4. The van der Waals surface area contributed by atoms with Crippen LogP contribution in [0.15, 0.2) is 12.1 Å². The van der Waals surface area contributed by atoms with Gasteiger partial charge in [0, 0.05) is 36.9 Å². The van der Waals surface area contributed by atoms with Crippen molar-refractivity contribution in [1.29, 1.82) is 0 Å². The summed E-state index contributed by atoms with van der Waals surface area (Å²) in [6.07, 6.45) is 1.17. The molecule has 1 aliphatic rings. The highest BCUT2D eigenvalue weighted by molar-refractivity contribution is 6.30. The third-order valence-corrected chi connectivity index (χ3v) is 3.91. The van der Waals surface area contributed by atoms with Crippen LogP contribution in [-0.2, 0) is 11.3 Å². The molecule has 4 nitrogen and oxygen atoms in total. The lowest BCUT2D eigenvalue weighted by molar-refractivity contribution is 0.152. The van der Waals surface area contributed by atoms with Crippen LogP contribution < -0.4 is 9.47 Å². The monoisotopic (exact) mass is 299 g/mol. The normalized spacial score (nSPS) is 19.3. The zero-order valence-electron chi connectivity index (χ0n) is 12.3. The Morgan fingerprint density at radius 1 is 1.25 bits per heavy atom. The van der Waals surface area contributed by atoms with Crippen molar-refractivity contribution in [2.75, 3.05) is 41.0 Å². The quantitative estimate of drug-likeness (QED) is 0.808. The summed E-state index contributed by atoms with van der Waals surface area (Å²) in [4.78, 5) is 2.40. The summed E-state index contributed by atoms with van der Waals surface area (Å²) in [7, 11) is 5.04. The highest BCUT2D eigenvalue weighted by Gasteiger charge is 2.24. The van der Waals surface area contributed by atoms with Crippen molar-refractivity contribution >= 4 is 11.6 Å². The first-order valence-corrected chi connectivity index (χ1v) is 7.17. The van der Waals surface area contributed by atoms with Crippen LogP contribution in [0.4, 0.5) is 0 Å². The predicted octanol–water partition coefficient (Wildman–Crippen LogP) is 2.83. The molecule has 0 spiro atoms. The van der Waals surface area contributed by atoms with E-state index in [1.54, 1.807) is 27.4 Å². The standard InChI is InChI=1S/C15H22ClNO3/c1-18-10-11-4-5-17(8-11)9-12-6-13(16)7-14(19-2)15(12)20-3/h6-7,11H,4-5,8-10H2,1-3H3/t11-/m0/s1. The van der Waals surface area contributed by atoms with Gasteiger partial charge in [-0.3, -0.25) is 4.90 Å². The third-order valence-electron chi connectivity index (χ3n) is 3.69. The van der Waals surface area contributed by atoms with Crippen LogP contribution in [0.5, 0.6) is 11.5 Å². The van der Waals surface area contributed by atoms with Crippen LogP contribution in [0.3, 0.4) is 0 Å². The van der Waals surface area contributed by atoms with Gasteiger partial charge in [0.05, 0.1) is 20.8 Å². The number of hydrogen-bond donors (Lipinski definition) is 0. The minimum Gasteiger partial charge on any atom is -0.493 e. The van der Waals surface area contributed by atoms with Gasteiger partial charge in [-0.1, -0.05) is 11.6 Å². The lowest BCUT2D eigenvalue weighted by Crippen LogP contribution is -2.21. The fourth-order valence-corrected chi connectivity index (χ4v) is 3.02. The molecule has 2 rings (SSSR count). The van der Waals surface area contributed by atoms with Gasteiger partial charge in [-0.25, -0.2) is 0 Å². The van der Waals surface area contributed by atoms with Gasteiger partial charge in [-0.15, -0.1) is 0 Å². The molecule has 1 aliphatic heterocycles. The summed E-state index contributed by atoms with van der Waals surface area (Å²) in [5.41, 5.74) is 1.06. The van der Waals surface area contributed by atoms with Crippen molar-refractivity contribution in [2.45, 2.75) is 13.0 Å². The SMILES string of the molecule is COC[C@H]1CCN(Cc2cc(Cl)cc(OC)c2OC)C1. The molecular formula is C15H22ClNO3. The van der Waals surface area contributed by atoms with Crippen molar-refractivity contribution in [2.24, 2.45) is 5.92 Å². The van der Waals surface area contributed by atoms with Gasteiger partial charge in [0.25, 0.3) is 0 Å². The number of methoxy groups -OCH3 is 3. The van der Waals surface area contributed by atoms with Crippen LogP contribution in [-0.4, -0.2) is 45.9 Å². The van der Waals surface area contributed by atoms with Gasteiger partial charge in [0.1, 0.15) is 0 Å². The first kappa shape index (κ1) is 15.4. The molecule has 1 fully saturated rings. The van der Waals surface area contributed by atoms with Gasteiger partial charge in [-0.05, 0) is 24.9 Å². The average molecular weight is 300 g/mol. The molecule has 20 heavy (non-hydrogen) atoms. The molecule has 0 aromatic heterocycles. The lowest BCUT2D eigenvalue weighted by Gasteiger charge is -2.19. The van der Waals surface area contributed by atoms with Crippen molar-refractivity contribution < 1.29 is 14.2 Å². The van der Waals surface area contributed by atoms with Gasteiger partial charge in [-0.2, -0.15) is 0 Å². The Bertz CT molecular complexity index is 453. The Balaban J connectivity index is 2.11. The number of likely N-dealkylation sites (tertiary alicyclic amines) is 1. The molecule has 1 heterocycles. The second-order valence-corrected chi connectivity index (χ2v) is 5.58. The maximum atomic E-state index is 6.15. The van der Waals surface area contributed by atoms with E-state index in [1.165, 1.54) is 6.42 Å². The molecular weight excluding hydrogens is 278 g/mol. The highest BCUT2D eigenvalue weighted by atomic mass is 35.5. The van der Waals surface area contributed by atoms with Crippen molar-refractivity contribution in [3.05, 3.63) is 22.7 Å². The number of halogens is 1. The molecule has 0 N–H and O–H groups in total. The van der Waals surface area contributed by atoms with Gasteiger partial charge in [0.15, 0.2) is 11.5 Å². The zero-order valence-corrected chi connectivity index (χ0v) is 13.1. The molecule has 0 bridgehead atoms. The molecule has 5 heteroatoms. The molecule has 0 saturated carbocycles. The van der Waals surface area contributed by atoms with Gasteiger partial charge in [0.2, 0.25) is 0 Å². The van der Waals surface area contributed by atoms with E-state index in [9.17, 15) is 0 Å². The Labute approximate surface area is 125 Å². The van der Waals surface area contributed by atoms with Crippen molar-refractivity contribution in [3.8, 4) is 11.5 Å². The van der Waals surface area contributed by atoms with E-state index in [2.05, 4.69) is 4.90 Å². The summed E-state index contributed by atoms with van der Waals surface area (Å²) in [6.45, 7) is 3.77. The fraction of sp³-hybridized carbons (Fsp3) is 0.600. The highest BCUT2D eigenvalue weighted by Crippen LogP contribution is 2.35. The molecule has 1 saturated heterocycles. The maximum absolute atomic E-state index is 6.15. The average Bonchev–Trinajstić information content (AvgIpc) is 2.86. The first-order valence-electron chi connectivity index (χ1n) is 6.79. The molecule has 1 aromatic rings. The summed E-state index contributed by atoms with van der Waals surface area (Å²) in [5.74, 6) is 2.07. The summed E-state index contributed by atoms with van der Waals surface area (Å²) in [5, 5.41) is 0.672. The zero-order chi connectivity index (χ0) is 14.5. The van der Waals surface area contributed by atoms with Crippen LogP contribution in [0, 0.1) is 5.92 Å². The Morgan fingerprint density at radius 3 is 2.70 bits per heavy atom. The molecule has 0 radical (unpaired) electrons. The molecule has 112 valence electrons. The molecule has 0 amide bonds. The van der Waals surface area contributed by atoms with E-state index in [-0.39, 0.29) is 0 Å². The lowest BCUT2D eigenvalue weighted by atomic mass is 10.1. The van der Waals surface area contributed by atoms with Crippen molar-refractivity contribution in [3.63, 3.8) is 0 Å². The predicted molar refractivity (Wildman–Crippen MR) is 79.8 cm³/mol. The van der Waals surface area contributed by atoms with Gasteiger partial charge < -0.3 is 14.2 Å². The van der Waals surface area contributed by atoms with Crippen LogP contribution in [0.25, 0.3) is 0 Å². The second kappa shape index (κ2) is 7.16. The van der Waals surface area contributed by atoms with Crippen LogP contribution in [0.2, 0.25) is 5.02 Å². The van der Waals surface area contributed by atoms with E-state index in [0.29, 0.717) is 16.7 Å². The summed E-state index contributed by atoms with van der Waals surface area (Å²) in [6, 6.07) is 3.73. The summed E-state index contributed by atoms with van der Waals surface area (Å²) < 4.78 is 16.0. The first-order chi connectivity index (χ1) is 9.67. The minimum absolute atomic E-state index is 0.618. The number of rotatable bonds is 6. The van der Waals surface area contributed by atoms with E-state index in [1.807, 2.05) is 6.07 Å². The topological polar surface area (TPSA) is 30.9 Å². The summed E-state index contributed by atoms with van der Waals surface area (Å²) >= 11 is 6.15. The number of ether oxygens (including phenoxy) is 3. The van der Waals surface area contributed by atoms with E-state index in [0.717, 1.165) is 37.6 Å². The Hall–Kier alpha value is -0.970. The van der Waals surface area contributed by atoms with Crippen LogP contribution in [0.1, 0.15) is 12.0 Å². The molecule has 1 aromatic carbocycles. The molecule has 0 unspecified atom stereocenters. The Kier molecular flexibility index (Phi) is 5.52. The largest absolute Gasteiger partial charge is 0.493 e. The van der Waals surface area contributed by atoms with E-state index in [4.69, 9.17) is 25.8 Å². The Morgan fingerprint density at radius 2 is 2.05 bits per heavy atom. The minimum atomic E-state index is 0.618. The third kappa shape index (κ3) is 3.57. The second-order valence-electron chi connectivity index (χ2n) is 5.15. The van der Waals surface area contributed by atoms with E-state index < -0.39 is 0 Å². The maximum Gasteiger partial charge on any atom is 0.165 e. The smallest absolute Gasteiger partial charge is 0.165 e. The van der Waals surface area contributed by atoms with Crippen LogP contribution >= 0.6 is 11.6 Å². The molecule has 1 atom stereocenters. The van der Waals surface area contributed by atoms with E-state index >= 15 is 0 Å². The number of benzene rings is 1. The fourth-order valence-electron chi connectivity index (χ4n) is 2.79.